The number of primary amides is 1. The Hall–Kier alpha value is -2.13. The first-order valence-corrected chi connectivity index (χ1v) is 7.30. The van der Waals surface area contributed by atoms with E-state index in [9.17, 15) is 4.79 Å². The highest BCUT2D eigenvalue weighted by atomic mass is 16.1. The maximum Gasteiger partial charge on any atom is 0.235 e. The van der Waals surface area contributed by atoms with Gasteiger partial charge in [-0.2, -0.15) is 0 Å². The lowest BCUT2D eigenvalue weighted by Crippen LogP contribution is -2.48. The lowest BCUT2D eigenvalue weighted by atomic mass is 9.93. The molecule has 0 aliphatic carbocycles. The first-order valence-electron chi connectivity index (χ1n) is 7.30. The minimum Gasteiger partial charge on any atom is -0.368 e. The summed E-state index contributed by atoms with van der Waals surface area (Å²) in [7, 11) is 0. The third-order valence-electron chi connectivity index (χ3n) is 4.31. The molecule has 0 saturated heterocycles. The van der Waals surface area contributed by atoms with E-state index in [0.717, 1.165) is 13.1 Å². The highest BCUT2D eigenvalue weighted by molar-refractivity contribution is 5.80. The zero-order valence-corrected chi connectivity index (χ0v) is 12.3. The van der Waals surface area contributed by atoms with Crippen LogP contribution < -0.4 is 5.73 Å². The molecule has 1 aliphatic heterocycles. The Labute approximate surface area is 125 Å². The smallest absolute Gasteiger partial charge is 0.235 e. The van der Waals surface area contributed by atoms with E-state index in [1.54, 1.807) is 0 Å². The standard InChI is InChI=1S/C18H20N2O/c1-13-6-2-3-8-15(13)11-20-12-16-9-5-4-7-14(16)10-17(20)18(19)21/h2-9,17H,10-12H2,1H3,(H2,19,21)/t17-/m1/s1. The molecule has 0 saturated carbocycles. The Morgan fingerprint density at radius 1 is 1.14 bits per heavy atom. The molecule has 1 heterocycles. The van der Waals surface area contributed by atoms with E-state index in [1.807, 2.05) is 18.2 Å². The second-order valence-electron chi connectivity index (χ2n) is 5.72. The van der Waals surface area contributed by atoms with Crippen LogP contribution in [0.5, 0.6) is 0 Å². The molecule has 0 unspecified atom stereocenters. The van der Waals surface area contributed by atoms with Crippen molar-refractivity contribution in [2.24, 2.45) is 5.73 Å². The van der Waals surface area contributed by atoms with Gasteiger partial charge in [-0.25, -0.2) is 0 Å². The van der Waals surface area contributed by atoms with E-state index in [2.05, 4.69) is 42.2 Å². The van der Waals surface area contributed by atoms with Crippen molar-refractivity contribution in [1.82, 2.24) is 4.90 Å². The minimum absolute atomic E-state index is 0.223. The molecular weight excluding hydrogens is 260 g/mol. The van der Waals surface area contributed by atoms with E-state index in [4.69, 9.17) is 5.73 Å². The Kier molecular flexibility index (Phi) is 3.76. The Morgan fingerprint density at radius 3 is 2.52 bits per heavy atom. The number of nitrogens with zero attached hydrogens (tertiary/aromatic N) is 1. The summed E-state index contributed by atoms with van der Waals surface area (Å²) < 4.78 is 0. The second-order valence-corrected chi connectivity index (χ2v) is 5.72. The average Bonchev–Trinajstić information content (AvgIpc) is 2.48. The van der Waals surface area contributed by atoms with E-state index in [0.29, 0.717) is 6.42 Å². The van der Waals surface area contributed by atoms with Crippen molar-refractivity contribution < 1.29 is 4.79 Å². The zero-order valence-electron chi connectivity index (χ0n) is 12.3. The summed E-state index contributed by atoms with van der Waals surface area (Å²) in [5, 5.41) is 0. The largest absolute Gasteiger partial charge is 0.368 e. The van der Waals surface area contributed by atoms with Gasteiger partial charge in [0.05, 0.1) is 6.04 Å². The van der Waals surface area contributed by atoms with Gasteiger partial charge < -0.3 is 5.73 Å². The third-order valence-corrected chi connectivity index (χ3v) is 4.31. The quantitative estimate of drug-likeness (QED) is 0.938. The molecule has 3 nitrogen and oxygen atoms in total. The third kappa shape index (κ3) is 2.83. The molecule has 2 aromatic rings. The first kappa shape index (κ1) is 13.8. The fourth-order valence-corrected chi connectivity index (χ4v) is 3.03. The van der Waals surface area contributed by atoms with Crippen molar-refractivity contribution in [2.45, 2.75) is 32.5 Å². The minimum atomic E-state index is -0.238. The summed E-state index contributed by atoms with van der Waals surface area (Å²) in [6, 6.07) is 16.4. The number of aryl methyl sites for hydroxylation is 1. The van der Waals surface area contributed by atoms with Crippen molar-refractivity contribution in [1.29, 1.82) is 0 Å². The highest BCUT2D eigenvalue weighted by Gasteiger charge is 2.29. The molecule has 0 radical (unpaired) electrons. The van der Waals surface area contributed by atoms with Crippen molar-refractivity contribution in [3.05, 3.63) is 70.8 Å². The molecule has 3 heteroatoms. The number of hydrogen-bond donors (Lipinski definition) is 1. The molecular formula is C18H20N2O. The number of amides is 1. The molecule has 2 aromatic carbocycles. The fraction of sp³-hybridized carbons (Fsp3) is 0.278. The van der Waals surface area contributed by atoms with Crippen LogP contribution in [0.25, 0.3) is 0 Å². The van der Waals surface area contributed by atoms with Crippen LogP contribution >= 0.6 is 0 Å². The van der Waals surface area contributed by atoms with Crippen molar-refractivity contribution in [3.63, 3.8) is 0 Å². The molecule has 0 spiro atoms. The van der Waals surface area contributed by atoms with Crippen LogP contribution in [0.4, 0.5) is 0 Å². The van der Waals surface area contributed by atoms with Crippen molar-refractivity contribution in [2.75, 3.05) is 0 Å². The number of hydrogen-bond acceptors (Lipinski definition) is 2. The van der Waals surface area contributed by atoms with E-state index >= 15 is 0 Å². The normalized spacial score (nSPS) is 18.2. The number of benzene rings is 2. The van der Waals surface area contributed by atoms with Crippen LogP contribution in [0.1, 0.15) is 22.3 Å². The van der Waals surface area contributed by atoms with Crippen LogP contribution in [0.15, 0.2) is 48.5 Å². The SMILES string of the molecule is Cc1ccccc1CN1Cc2ccccc2C[C@@H]1C(N)=O. The van der Waals surface area contributed by atoms with Gasteiger partial charge in [-0.05, 0) is 35.6 Å². The number of fused-ring (bicyclic) bond motifs is 1. The molecule has 1 atom stereocenters. The Bertz CT molecular complexity index is 666. The molecule has 1 amide bonds. The number of nitrogens with two attached hydrogens (primary N) is 1. The van der Waals surface area contributed by atoms with Gasteiger partial charge in [0.25, 0.3) is 0 Å². The predicted molar refractivity (Wildman–Crippen MR) is 83.6 cm³/mol. The summed E-state index contributed by atoms with van der Waals surface area (Å²) in [6.45, 7) is 3.64. The fourth-order valence-electron chi connectivity index (χ4n) is 3.03. The van der Waals surface area contributed by atoms with E-state index in [1.165, 1.54) is 22.3 Å². The maximum atomic E-state index is 11.8. The lowest BCUT2D eigenvalue weighted by molar-refractivity contribution is -0.124. The number of carbonyl (C=O) groups excluding carboxylic acids is 1. The molecule has 3 rings (SSSR count). The van der Waals surface area contributed by atoms with Gasteiger partial charge in [0.1, 0.15) is 0 Å². The Balaban J connectivity index is 1.89. The van der Waals surface area contributed by atoms with Gasteiger partial charge in [0.2, 0.25) is 5.91 Å². The maximum absolute atomic E-state index is 11.8. The van der Waals surface area contributed by atoms with Gasteiger partial charge in [-0.15, -0.1) is 0 Å². The highest BCUT2D eigenvalue weighted by Crippen LogP contribution is 2.25. The summed E-state index contributed by atoms with van der Waals surface area (Å²) in [4.78, 5) is 14.0. The molecule has 0 bridgehead atoms. The molecule has 0 aromatic heterocycles. The number of carbonyl (C=O) groups is 1. The van der Waals surface area contributed by atoms with Gasteiger partial charge >= 0.3 is 0 Å². The monoisotopic (exact) mass is 280 g/mol. The lowest BCUT2D eigenvalue weighted by Gasteiger charge is -2.35. The molecule has 0 fully saturated rings. The average molecular weight is 280 g/mol. The molecule has 1 aliphatic rings. The topological polar surface area (TPSA) is 46.3 Å². The molecule has 108 valence electrons. The van der Waals surface area contributed by atoms with E-state index in [-0.39, 0.29) is 11.9 Å². The second kappa shape index (κ2) is 5.70. The summed E-state index contributed by atoms with van der Waals surface area (Å²) in [6.07, 6.45) is 0.706. The summed E-state index contributed by atoms with van der Waals surface area (Å²) in [5.41, 5.74) is 10.7. The van der Waals surface area contributed by atoms with Crippen LogP contribution in [0.2, 0.25) is 0 Å². The van der Waals surface area contributed by atoms with Gasteiger partial charge in [0.15, 0.2) is 0 Å². The predicted octanol–water partition coefficient (Wildman–Crippen LogP) is 2.41. The number of rotatable bonds is 3. The van der Waals surface area contributed by atoms with Crippen molar-refractivity contribution >= 4 is 5.91 Å². The molecule has 21 heavy (non-hydrogen) atoms. The van der Waals surface area contributed by atoms with Gasteiger partial charge in [-0.1, -0.05) is 48.5 Å². The van der Waals surface area contributed by atoms with Crippen LogP contribution in [0, 0.1) is 6.92 Å². The zero-order chi connectivity index (χ0) is 14.8. The molecule has 2 N–H and O–H groups in total. The van der Waals surface area contributed by atoms with Crippen LogP contribution in [-0.2, 0) is 24.3 Å². The Morgan fingerprint density at radius 2 is 1.81 bits per heavy atom. The van der Waals surface area contributed by atoms with Crippen molar-refractivity contribution in [3.8, 4) is 0 Å². The van der Waals surface area contributed by atoms with Crippen LogP contribution in [0.3, 0.4) is 0 Å². The van der Waals surface area contributed by atoms with Crippen LogP contribution in [-0.4, -0.2) is 16.8 Å². The van der Waals surface area contributed by atoms with Gasteiger partial charge in [0, 0.05) is 13.1 Å². The van der Waals surface area contributed by atoms with E-state index < -0.39 is 0 Å². The first-order chi connectivity index (χ1) is 10.1. The summed E-state index contributed by atoms with van der Waals surface area (Å²) in [5.74, 6) is -0.238. The van der Waals surface area contributed by atoms with Gasteiger partial charge in [-0.3, -0.25) is 9.69 Å². The summed E-state index contributed by atoms with van der Waals surface area (Å²) >= 11 is 0.